The largest absolute Gasteiger partial charge is 0.481 e. The van der Waals surface area contributed by atoms with Gasteiger partial charge in [-0.1, -0.05) is 6.92 Å². The van der Waals surface area contributed by atoms with Gasteiger partial charge in [-0.3, -0.25) is 38.4 Å². The van der Waals surface area contributed by atoms with E-state index in [9.17, 15) is 58.5 Å². The van der Waals surface area contributed by atoms with E-state index in [1.807, 2.05) is 17.4 Å². The normalized spacial score (nSPS) is 13.0. The van der Waals surface area contributed by atoms with Gasteiger partial charge in [-0.05, 0) is 67.6 Å². The van der Waals surface area contributed by atoms with Crippen molar-refractivity contribution in [2.75, 3.05) is 6.54 Å². The number of rotatable bonds is 23. The fourth-order valence-electron chi connectivity index (χ4n) is 5.98. The number of ketones is 2. The number of hydrogen-bond acceptors (Lipinski definition) is 14. The maximum atomic E-state index is 13.2. The van der Waals surface area contributed by atoms with Gasteiger partial charge in [-0.2, -0.15) is 0 Å². The van der Waals surface area contributed by atoms with Crippen molar-refractivity contribution in [1.29, 1.82) is 0 Å². The lowest BCUT2D eigenvalue weighted by Gasteiger charge is -2.22. The van der Waals surface area contributed by atoms with Crippen molar-refractivity contribution in [2.24, 2.45) is 11.8 Å². The predicted molar refractivity (Wildman–Crippen MR) is 235 cm³/mol. The van der Waals surface area contributed by atoms with Gasteiger partial charge in [0.15, 0.2) is 11.6 Å². The first-order valence-electron chi connectivity index (χ1n) is 18.7. The quantitative estimate of drug-likeness (QED) is 0.0377. The van der Waals surface area contributed by atoms with Crippen LogP contribution < -0.4 is 16.0 Å². The topological polar surface area (TPSA) is 271 Å². The molecular weight excluding hydrogens is 903 g/mol. The number of amides is 3. The molecule has 5 aromatic heterocycles. The van der Waals surface area contributed by atoms with Crippen molar-refractivity contribution >= 4 is 110 Å². The van der Waals surface area contributed by atoms with Crippen LogP contribution in [0.15, 0.2) is 60.7 Å². The molecule has 5 rings (SSSR count). The van der Waals surface area contributed by atoms with Crippen LogP contribution in [0.4, 0.5) is 0 Å². The van der Waals surface area contributed by atoms with E-state index in [2.05, 4.69) is 54.0 Å². The third-order valence-corrected chi connectivity index (χ3v) is 15.2. The number of Topliss-reactive ketones (excluding diaryl/α,β-unsaturated/α-hetero) is 2. The minimum Gasteiger partial charge on any atom is -0.481 e. The SMILES string of the molecule is Cc1ccc(-c2ccc(-c3ccc(-c4ccc(-c5ccc(C(=O)NCC(=O)C[C@@H](CC(=O)O)C(=O)N[C@@H](CC(=O)O)C(=O)C[C@@H](C)C(=O)N[C@@H](CC(=O)O)C(=O)O)s5)s4)s3)s2)s1. The Morgan fingerprint density at radius 3 is 1.42 bits per heavy atom. The first-order valence-corrected chi connectivity index (χ1v) is 22.7. The first-order chi connectivity index (χ1) is 29.4. The van der Waals surface area contributed by atoms with Gasteiger partial charge in [-0.15, -0.1) is 56.7 Å². The van der Waals surface area contributed by atoms with Crippen LogP contribution in [0.25, 0.3) is 39.0 Å². The van der Waals surface area contributed by atoms with E-state index >= 15 is 0 Å². The molecule has 326 valence electrons. The smallest absolute Gasteiger partial charge is 0.326 e. The number of thiophene rings is 5. The lowest BCUT2D eigenvalue weighted by atomic mass is 9.94. The van der Waals surface area contributed by atoms with E-state index < -0.39 is 116 Å². The lowest BCUT2D eigenvalue weighted by molar-refractivity contribution is -0.147. The molecule has 21 heteroatoms. The van der Waals surface area contributed by atoms with Gasteiger partial charge < -0.3 is 36.4 Å². The fourth-order valence-corrected chi connectivity index (χ4v) is 11.2. The Morgan fingerprint density at radius 2 is 0.952 bits per heavy atom. The summed E-state index contributed by atoms with van der Waals surface area (Å²) < 4.78 is 0. The first kappa shape index (κ1) is 47.2. The van der Waals surface area contributed by atoms with E-state index in [1.165, 1.54) is 37.8 Å². The van der Waals surface area contributed by atoms with Crippen LogP contribution in [-0.4, -0.2) is 92.2 Å². The summed E-state index contributed by atoms with van der Waals surface area (Å²) in [5, 5.41) is 43.5. The van der Waals surface area contributed by atoms with Crippen LogP contribution in [0.1, 0.15) is 53.6 Å². The molecule has 0 unspecified atom stereocenters. The monoisotopic (exact) mass is 941 g/mol. The average Bonchev–Trinajstić information content (AvgIpc) is 4.04. The molecule has 0 aliphatic rings. The van der Waals surface area contributed by atoms with Gasteiger partial charge in [0.25, 0.3) is 5.91 Å². The Balaban J connectivity index is 1.15. The minimum atomic E-state index is -1.81. The molecule has 0 bridgehead atoms. The summed E-state index contributed by atoms with van der Waals surface area (Å²) in [5.74, 6) is -13.5. The van der Waals surface area contributed by atoms with Crippen LogP contribution >= 0.6 is 56.7 Å². The lowest BCUT2D eigenvalue weighted by Crippen LogP contribution is -2.48. The van der Waals surface area contributed by atoms with Crippen molar-refractivity contribution < 1.29 is 63.6 Å². The highest BCUT2D eigenvalue weighted by Gasteiger charge is 2.33. The van der Waals surface area contributed by atoms with Crippen molar-refractivity contribution in [3.8, 4) is 39.0 Å². The molecule has 0 aromatic carbocycles. The number of nitrogens with one attached hydrogen (secondary N) is 3. The van der Waals surface area contributed by atoms with Crippen molar-refractivity contribution in [3.63, 3.8) is 0 Å². The van der Waals surface area contributed by atoms with E-state index in [4.69, 9.17) is 5.11 Å². The van der Waals surface area contributed by atoms with Gasteiger partial charge in [0.1, 0.15) is 6.04 Å². The molecule has 3 amide bonds. The van der Waals surface area contributed by atoms with E-state index in [1.54, 1.807) is 57.5 Å². The summed E-state index contributed by atoms with van der Waals surface area (Å²) in [7, 11) is 0. The van der Waals surface area contributed by atoms with E-state index in [-0.39, 0.29) is 0 Å². The van der Waals surface area contributed by atoms with Crippen LogP contribution in [-0.2, 0) is 38.4 Å². The molecule has 16 nitrogen and oxygen atoms in total. The summed E-state index contributed by atoms with van der Waals surface area (Å²) in [6, 6.07) is 16.5. The summed E-state index contributed by atoms with van der Waals surface area (Å²) in [4.78, 5) is 121. The van der Waals surface area contributed by atoms with E-state index in [0.717, 1.165) is 24.4 Å². The van der Waals surface area contributed by atoms with Crippen LogP contribution in [0.5, 0.6) is 0 Å². The maximum absolute atomic E-state index is 13.2. The molecule has 0 fully saturated rings. The summed E-state index contributed by atoms with van der Waals surface area (Å²) >= 11 is 8.00. The maximum Gasteiger partial charge on any atom is 0.326 e. The van der Waals surface area contributed by atoms with Crippen LogP contribution in [0, 0.1) is 18.8 Å². The number of carbonyl (C=O) groups is 9. The number of hydrogen-bond donors (Lipinski definition) is 7. The number of carboxylic acid groups (broad SMARTS) is 4. The minimum absolute atomic E-state index is 0.300. The highest BCUT2D eigenvalue weighted by atomic mass is 32.1. The molecular formula is C41H39N3O13S5. The molecule has 0 spiro atoms. The van der Waals surface area contributed by atoms with E-state index in [0.29, 0.717) is 4.88 Å². The highest BCUT2D eigenvalue weighted by molar-refractivity contribution is 7.29. The van der Waals surface area contributed by atoms with Crippen LogP contribution in [0.3, 0.4) is 0 Å². The predicted octanol–water partition coefficient (Wildman–Crippen LogP) is 6.35. The van der Waals surface area contributed by atoms with Crippen LogP contribution in [0.2, 0.25) is 0 Å². The van der Waals surface area contributed by atoms with Gasteiger partial charge in [0, 0.05) is 62.7 Å². The van der Waals surface area contributed by atoms with Crippen molar-refractivity contribution in [3.05, 3.63) is 70.4 Å². The second-order valence-corrected chi connectivity index (χ2v) is 19.6. The molecule has 5 heterocycles. The molecule has 0 aliphatic carbocycles. The number of aliphatic carboxylic acids is 4. The van der Waals surface area contributed by atoms with Gasteiger partial charge >= 0.3 is 23.9 Å². The standard InChI is InChI=1S/C41H39N3O13S5/c1-19(38(53)44-24(41(56)57)17-37(51)52)13-25(46)23(16-36(49)50)43-39(54)21(15-35(47)48)14-22(45)18-42-40(55)34-12-11-33(62-34)32-10-9-31(61-32)30-8-7-29(60-30)28-6-5-27(59-28)26-4-3-20(2)58-26/h3-12,19,21,23-24H,13-18H2,1-2H3,(H,42,55)(H,43,54)(H,44,53)(H,47,48)(H,49,50)(H,51,52)(H,56,57)/t19-,21+,23+,24+/m1/s1. The Morgan fingerprint density at radius 1 is 0.516 bits per heavy atom. The molecule has 62 heavy (non-hydrogen) atoms. The molecule has 5 aromatic rings. The molecule has 0 radical (unpaired) electrons. The third-order valence-electron chi connectivity index (χ3n) is 9.10. The summed E-state index contributed by atoms with van der Waals surface area (Å²) in [6.45, 7) is 2.71. The third kappa shape index (κ3) is 13.1. The Kier molecular flexibility index (Phi) is 16.2. The number of carbonyl (C=O) groups excluding carboxylic acids is 5. The van der Waals surface area contributed by atoms with Gasteiger partial charge in [0.2, 0.25) is 11.8 Å². The van der Waals surface area contributed by atoms with Gasteiger partial charge in [0.05, 0.1) is 42.6 Å². The molecule has 4 atom stereocenters. The zero-order valence-electron chi connectivity index (χ0n) is 32.8. The van der Waals surface area contributed by atoms with Crippen molar-refractivity contribution in [2.45, 2.75) is 58.0 Å². The zero-order chi connectivity index (χ0) is 45.2. The molecule has 7 N–H and O–H groups in total. The Bertz CT molecular complexity index is 2510. The average molecular weight is 942 g/mol. The highest BCUT2D eigenvalue weighted by Crippen LogP contribution is 2.44. The zero-order valence-corrected chi connectivity index (χ0v) is 36.9. The fraction of sp³-hybridized carbons (Fsp3) is 0.293. The molecule has 0 saturated carbocycles. The van der Waals surface area contributed by atoms with Gasteiger partial charge in [-0.25, -0.2) is 4.79 Å². The Labute approximate surface area is 373 Å². The van der Waals surface area contributed by atoms with Crippen molar-refractivity contribution in [1.82, 2.24) is 16.0 Å². The summed E-state index contributed by atoms with van der Waals surface area (Å²) in [5.41, 5.74) is 0. The second-order valence-electron chi connectivity index (χ2n) is 14.0. The Hall–Kier alpha value is -5.87. The molecule has 0 aliphatic heterocycles. The number of aryl methyl sites for hydroxylation is 1. The summed E-state index contributed by atoms with van der Waals surface area (Å²) in [6.07, 6.45) is -4.21. The number of carboxylic acids is 4. The molecule has 0 saturated heterocycles. The second kappa shape index (κ2) is 21.3.